The lowest BCUT2D eigenvalue weighted by atomic mass is 9.91. The highest BCUT2D eigenvalue weighted by molar-refractivity contribution is 5.94. The summed E-state index contributed by atoms with van der Waals surface area (Å²) in [5.41, 5.74) is 8.31. The molecule has 0 aliphatic heterocycles. The molecular formula is C26H19F2N5O. The molecule has 2 aromatic carbocycles. The zero-order valence-electron chi connectivity index (χ0n) is 18.2. The van der Waals surface area contributed by atoms with Gasteiger partial charge in [0.1, 0.15) is 0 Å². The Bertz CT molecular complexity index is 1640. The molecule has 0 radical (unpaired) electrons. The van der Waals surface area contributed by atoms with Crippen molar-refractivity contribution < 1.29 is 13.6 Å². The molecule has 0 atom stereocenters. The average Bonchev–Trinajstić information content (AvgIpc) is 3.53. The molecule has 2 N–H and O–H groups in total. The first-order valence-electron chi connectivity index (χ1n) is 10.9. The number of halogens is 2. The van der Waals surface area contributed by atoms with Crippen LogP contribution < -0.4 is 5.73 Å². The Morgan fingerprint density at radius 3 is 2.62 bits per heavy atom. The Labute approximate surface area is 193 Å². The van der Waals surface area contributed by atoms with Gasteiger partial charge in [-0.25, -0.2) is 18.7 Å². The number of primary amides is 1. The number of aryl methyl sites for hydroxylation is 1. The van der Waals surface area contributed by atoms with E-state index in [4.69, 9.17) is 5.73 Å². The van der Waals surface area contributed by atoms with E-state index in [1.807, 2.05) is 22.6 Å². The van der Waals surface area contributed by atoms with Crippen molar-refractivity contribution in [1.82, 2.24) is 19.4 Å². The predicted molar refractivity (Wildman–Crippen MR) is 123 cm³/mol. The summed E-state index contributed by atoms with van der Waals surface area (Å²) in [6.45, 7) is 1.61. The zero-order chi connectivity index (χ0) is 23.6. The zero-order valence-corrected chi connectivity index (χ0v) is 18.2. The number of nitrogens with two attached hydrogens (primary N) is 1. The molecule has 1 saturated carbocycles. The minimum atomic E-state index is -1.26. The van der Waals surface area contributed by atoms with Crippen LogP contribution in [-0.4, -0.2) is 25.3 Å². The van der Waals surface area contributed by atoms with Gasteiger partial charge in [0.25, 0.3) is 5.91 Å². The summed E-state index contributed by atoms with van der Waals surface area (Å²) in [6, 6.07) is 11.5. The maximum absolute atomic E-state index is 15.0. The van der Waals surface area contributed by atoms with Gasteiger partial charge in [0.15, 0.2) is 11.6 Å². The van der Waals surface area contributed by atoms with Crippen molar-refractivity contribution in [3.63, 3.8) is 0 Å². The highest BCUT2D eigenvalue weighted by Crippen LogP contribution is 2.53. The lowest BCUT2D eigenvalue weighted by Gasteiger charge is -2.17. The molecule has 6 nitrogen and oxygen atoms in total. The van der Waals surface area contributed by atoms with Crippen LogP contribution in [-0.2, 0) is 5.41 Å². The quantitative estimate of drug-likeness (QED) is 0.425. The minimum absolute atomic E-state index is 0.0400. The molecule has 3 aromatic heterocycles. The van der Waals surface area contributed by atoms with E-state index in [0.717, 1.165) is 35.0 Å². The summed E-state index contributed by atoms with van der Waals surface area (Å²) in [7, 11) is 0. The average molecular weight is 455 g/mol. The predicted octanol–water partition coefficient (Wildman–Crippen LogP) is 4.71. The molecule has 34 heavy (non-hydrogen) atoms. The molecule has 5 aromatic rings. The minimum Gasteiger partial charge on any atom is -0.366 e. The Morgan fingerprint density at radius 1 is 1.06 bits per heavy atom. The van der Waals surface area contributed by atoms with E-state index in [9.17, 15) is 9.18 Å². The third-order valence-corrected chi connectivity index (χ3v) is 6.72. The number of carbonyl (C=O) groups is 1. The van der Waals surface area contributed by atoms with Crippen LogP contribution in [0.15, 0.2) is 61.2 Å². The number of fused-ring (bicyclic) bond motifs is 2. The molecule has 3 heterocycles. The number of imidazole rings is 1. The molecule has 1 fully saturated rings. The van der Waals surface area contributed by atoms with Crippen LogP contribution >= 0.6 is 0 Å². The molecule has 1 aliphatic rings. The van der Waals surface area contributed by atoms with Crippen molar-refractivity contribution in [3.05, 3.63) is 95.2 Å². The van der Waals surface area contributed by atoms with Gasteiger partial charge >= 0.3 is 0 Å². The van der Waals surface area contributed by atoms with Gasteiger partial charge < -0.3 is 5.73 Å². The number of aromatic nitrogens is 4. The summed E-state index contributed by atoms with van der Waals surface area (Å²) in [5, 5.41) is 1.06. The maximum Gasteiger partial charge on any atom is 0.251 e. The standard InChI is InChI=1S/C26H19F2N5O/c1-14-9-18(24(29)34)22(27)23(28)21(14)16-11-31-25-32-12-20(33(25)13-16)26(6-7-26)17-4-5-19-15(10-17)3-2-8-30-19/h2-5,8-13H,6-7H2,1H3,(H2,29,34). The molecule has 0 unspecified atom stereocenters. The number of pyridine rings is 1. The topological polar surface area (TPSA) is 86.2 Å². The van der Waals surface area contributed by atoms with E-state index >= 15 is 4.39 Å². The van der Waals surface area contributed by atoms with Crippen LogP contribution in [0.2, 0.25) is 0 Å². The first-order chi connectivity index (χ1) is 16.4. The number of rotatable bonds is 4. The fourth-order valence-electron chi connectivity index (χ4n) is 4.83. The SMILES string of the molecule is Cc1cc(C(N)=O)c(F)c(F)c1-c1cnc2ncc(C3(c4ccc5ncccc5c4)CC3)n2c1. The lowest BCUT2D eigenvalue weighted by molar-refractivity contribution is 0.0995. The van der Waals surface area contributed by atoms with Crippen LogP contribution in [0.4, 0.5) is 8.78 Å². The molecule has 1 aliphatic carbocycles. The Morgan fingerprint density at radius 2 is 1.85 bits per heavy atom. The monoisotopic (exact) mass is 455 g/mol. The molecule has 1 amide bonds. The summed E-state index contributed by atoms with van der Waals surface area (Å²) < 4.78 is 31.4. The Balaban J connectivity index is 1.51. The smallest absolute Gasteiger partial charge is 0.251 e. The van der Waals surface area contributed by atoms with Crippen molar-refractivity contribution in [1.29, 1.82) is 0 Å². The number of hydrogen-bond acceptors (Lipinski definition) is 4. The highest BCUT2D eigenvalue weighted by atomic mass is 19.2. The molecule has 0 bridgehead atoms. The Hall–Kier alpha value is -4.20. The summed E-state index contributed by atoms with van der Waals surface area (Å²) in [4.78, 5) is 24.7. The number of hydrogen-bond donors (Lipinski definition) is 1. The molecular weight excluding hydrogens is 436 g/mol. The number of carbonyl (C=O) groups excluding carboxylic acids is 1. The number of nitrogens with zero attached hydrogens (tertiary/aromatic N) is 4. The van der Waals surface area contributed by atoms with E-state index in [2.05, 4.69) is 27.1 Å². The van der Waals surface area contributed by atoms with Gasteiger partial charge in [-0.05, 0) is 55.2 Å². The van der Waals surface area contributed by atoms with E-state index in [0.29, 0.717) is 16.9 Å². The molecule has 6 rings (SSSR count). The van der Waals surface area contributed by atoms with Gasteiger partial charge in [-0.3, -0.25) is 14.2 Å². The normalized spacial score (nSPS) is 14.6. The molecule has 0 spiro atoms. The van der Waals surface area contributed by atoms with Gasteiger partial charge in [-0.15, -0.1) is 0 Å². The summed E-state index contributed by atoms with van der Waals surface area (Å²) >= 11 is 0. The van der Waals surface area contributed by atoms with Crippen molar-refractivity contribution in [2.45, 2.75) is 25.2 Å². The molecule has 0 saturated heterocycles. The van der Waals surface area contributed by atoms with Crippen molar-refractivity contribution in [3.8, 4) is 11.1 Å². The summed E-state index contributed by atoms with van der Waals surface area (Å²) in [6.07, 6.45) is 8.63. The first kappa shape index (κ1) is 20.4. The van der Waals surface area contributed by atoms with E-state index in [1.54, 1.807) is 25.5 Å². The fourth-order valence-corrected chi connectivity index (χ4v) is 4.83. The first-order valence-corrected chi connectivity index (χ1v) is 10.9. The van der Waals surface area contributed by atoms with Crippen LogP contribution in [0.3, 0.4) is 0 Å². The van der Waals surface area contributed by atoms with E-state index in [1.165, 1.54) is 12.3 Å². The van der Waals surface area contributed by atoms with Crippen LogP contribution in [0.25, 0.3) is 27.8 Å². The maximum atomic E-state index is 15.0. The van der Waals surface area contributed by atoms with Crippen LogP contribution in [0.5, 0.6) is 0 Å². The van der Waals surface area contributed by atoms with Gasteiger partial charge in [0.05, 0.1) is 23.0 Å². The van der Waals surface area contributed by atoms with Gasteiger partial charge in [0.2, 0.25) is 5.78 Å². The number of benzene rings is 2. The van der Waals surface area contributed by atoms with Crippen LogP contribution in [0, 0.1) is 18.6 Å². The molecule has 8 heteroatoms. The van der Waals surface area contributed by atoms with E-state index in [-0.39, 0.29) is 11.0 Å². The lowest BCUT2D eigenvalue weighted by Crippen LogP contribution is -2.15. The third kappa shape index (κ3) is 2.91. The van der Waals surface area contributed by atoms with Gasteiger partial charge in [-0.2, -0.15) is 0 Å². The highest BCUT2D eigenvalue weighted by Gasteiger charge is 2.48. The van der Waals surface area contributed by atoms with Gasteiger partial charge in [-0.1, -0.05) is 12.1 Å². The molecule has 168 valence electrons. The second-order valence-corrected chi connectivity index (χ2v) is 8.76. The largest absolute Gasteiger partial charge is 0.366 e. The van der Waals surface area contributed by atoms with Crippen molar-refractivity contribution >= 4 is 22.6 Å². The van der Waals surface area contributed by atoms with Crippen molar-refractivity contribution in [2.24, 2.45) is 5.73 Å². The fraction of sp³-hybridized carbons (Fsp3) is 0.154. The van der Waals surface area contributed by atoms with Crippen molar-refractivity contribution in [2.75, 3.05) is 0 Å². The second-order valence-electron chi connectivity index (χ2n) is 8.76. The second kappa shape index (κ2) is 7.15. The number of amides is 1. The third-order valence-electron chi connectivity index (χ3n) is 6.72. The Kier molecular flexibility index (Phi) is 4.29. The van der Waals surface area contributed by atoms with Gasteiger partial charge in [0, 0.05) is 40.5 Å². The van der Waals surface area contributed by atoms with E-state index < -0.39 is 23.1 Å². The van der Waals surface area contributed by atoms with Crippen LogP contribution in [0.1, 0.15) is 40.0 Å². The summed E-state index contributed by atoms with van der Waals surface area (Å²) in [5.74, 6) is -2.93.